The predicted octanol–water partition coefficient (Wildman–Crippen LogP) is 4.47. The van der Waals surface area contributed by atoms with Crippen LogP contribution in [0.4, 0.5) is 5.69 Å². The zero-order chi connectivity index (χ0) is 23.3. The molecule has 1 atom stereocenters. The summed E-state index contributed by atoms with van der Waals surface area (Å²) in [6.07, 6.45) is 0.842. The van der Waals surface area contributed by atoms with Gasteiger partial charge in [0.15, 0.2) is 0 Å². The molecule has 3 aromatic rings. The van der Waals surface area contributed by atoms with Crippen LogP contribution in [0.15, 0.2) is 84.9 Å². The lowest BCUT2D eigenvalue weighted by Gasteiger charge is -2.36. The van der Waals surface area contributed by atoms with Crippen molar-refractivity contribution < 1.29 is 9.59 Å². The van der Waals surface area contributed by atoms with Crippen molar-refractivity contribution in [2.75, 3.05) is 43.4 Å². The van der Waals surface area contributed by atoms with Crippen molar-refractivity contribution in [2.45, 2.75) is 11.8 Å². The third-order valence-electron chi connectivity index (χ3n) is 6.58. The Bertz CT molecular complexity index is 1110. The molecule has 34 heavy (non-hydrogen) atoms. The van der Waals surface area contributed by atoms with Gasteiger partial charge in [0.1, 0.15) is 5.37 Å². The fourth-order valence-corrected chi connectivity index (χ4v) is 5.86. The van der Waals surface area contributed by atoms with Crippen molar-refractivity contribution >= 4 is 29.3 Å². The monoisotopic (exact) mass is 471 g/mol. The molecule has 3 aromatic carbocycles. The number of thioether (sulfide) groups is 1. The summed E-state index contributed by atoms with van der Waals surface area (Å²) in [6, 6.07) is 28.5. The topological polar surface area (TPSA) is 43.9 Å². The molecule has 0 radical (unpaired) electrons. The Morgan fingerprint density at radius 3 is 2.15 bits per heavy atom. The zero-order valence-corrected chi connectivity index (χ0v) is 20.0. The van der Waals surface area contributed by atoms with E-state index in [4.69, 9.17) is 0 Å². The molecule has 2 aliphatic rings. The van der Waals surface area contributed by atoms with Gasteiger partial charge in [0.25, 0.3) is 5.91 Å². The summed E-state index contributed by atoms with van der Waals surface area (Å²) in [5.74, 6) is 0.768. The molecule has 174 valence electrons. The summed E-state index contributed by atoms with van der Waals surface area (Å²) >= 11 is 1.66. The van der Waals surface area contributed by atoms with Crippen molar-refractivity contribution in [2.24, 2.45) is 0 Å². The number of carbonyl (C=O) groups excluding carboxylic acids is 2. The van der Waals surface area contributed by atoms with E-state index in [2.05, 4.69) is 29.2 Å². The molecule has 0 spiro atoms. The SMILES string of the molecule is O=C(c1ccc([C@@H]2SCC(=O)N2CCc2ccccc2)cc1)N1CCN(c2ccccc2)CC1. The second-order valence-electron chi connectivity index (χ2n) is 8.72. The zero-order valence-electron chi connectivity index (χ0n) is 19.2. The molecular weight excluding hydrogens is 442 g/mol. The molecule has 0 bridgehead atoms. The van der Waals surface area contributed by atoms with Crippen molar-refractivity contribution in [3.05, 3.63) is 102 Å². The number of hydrogen-bond donors (Lipinski definition) is 0. The third-order valence-corrected chi connectivity index (χ3v) is 7.84. The molecule has 2 fully saturated rings. The summed E-state index contributed by atoms with van der Waals surface area (Å²) in [5, 5.41) is 0.00906. The van der Waals surface area contributed by atoms with E-state index >= 15 is 0 Å². The summed E-state index contributed by atoms with van der Waals surface area (Å²) in [7, 11) is 0. The first-order chi connectivity index (χ1) is 16.7. The van der Waals surface area contributed by atoms with Crippen LogP contribution in [0.5, 0.6) is 0 Å². The van der Waals surface area contributed by atoms with E-state index in [1.165, 1.54) is 11.3 Å². The quantitative estimate of drug-likeness (QED) is 0.532. The number of nitrogens with zero attached hydrogens (tertiary/aromatic N) is 3. The van der Waals surface area contributed by atoms with Gasteiger partial charge in [-0.1, -0.05) is 60.7 Å². The molecule has 5 rings (SSSR count). The van der Waals surface area contributed by atoms with Crippen LogP contribution < -0.4 is 4.90 Å². The Morgan fingerprint density at radius 2 is 1.47 bits per heavy atom. The molecule has 2 saturated heterocycles. The van der Waals surface area contributed by atoms with E-state index in [1.807, 2.05) is 70.5 Å². The van der Waals surface area contributed by atoms with Gasteiger partial charge in [0.2, 0.25) is 5.91 Å². The average Bonchev–Trinajstić information content (AvgIpc) is 3.28. The third kappa shape index (κ3) is 4.97. The van der Waals surface area contributed by atoms with Gasteiger partial charge in [-0.25, -0.2) is 0 Å². The number of piperazine rings is 1. The molecule has 0 aromatic heterocycles. The van der Waals surface area contributed by atoms with Gasteiger partial charge in [-0.05, 0) is 41.8 Å². The highest BCUT2D eigenvalue weighted by Crippen LogP contribution is 2.38. The van der Waals surface area contributed by atoms with E-state index in [0.717, 1.165) is 38.2 Å². The number of carbonyl (C=O) groups is 2. The summed E-state index contributed by atoms with van der Waals surface area (Å²) in [6.45, 7) is 3.81. The van der Waals surface area contributed by atoms with Gasteiger partial charge in [-0.15, -0.1) is 11.8 Å². The van der Waals surface area contributed by atoms with Gasteiger partial charge in [0, 0.05) is 44.0 Å². The summed E-state index contributed by atoms with van der Waals surface area (Å²) in [4.78, 5) is 31.9. The molecule has 6 heteroatoms. The van der Waals surface area contributed by atoms with E-state index in [0.29, 0.717) is 17.9 Å². The second kappa shape index (κ2) is 10.3. The summed E-state index contributed by atoms with van der Waals surface area (Å²) in [5.41, 5.74) is 4.23. The van der Waals surface area contributed by atoms with E-state index in [-0.39, 0.29) is 17.2 Å². The summed E-state index contributed by atoms with van der Waals surface area (Å²) < 4.78 is 0. The number of para-hydroxylation sites is 1. The van der Waals surface area contributed by atoms with Crippen LogP contribution in [-0.2, 0) is 11.2 Å². The minimum atomic E-state index is 0.00906. The van der Waals surface area contributed by atoms with Crippen molar-refractivity contribution in [3.8, 4) is 0 Å². The largest absolute Gasteiger partial charge is 0.368 e. The maximum atomic E-state index is 13.1. The van der Waals surface area contributed by atoms with Crippen LogP contribution >= 0.6 is 11.8 Å². The Kier molecular flexibility index (Phi) is 6.86. The molecule has 5 nitrogen and oxygen atoms in total. The first kappa shape index (κ1) is 22.5. The first-order valence-electron chi connectivity index (χ1n) is 11.8. The van der Waals surface area contributed by atoms with Crippen LogP contribution in [-0.4, -0.2) is 60.1 Å². The lowest BCUT2D eigenvalue weighted by atomic mass is 10.1. The van der Waals surface area contributed by atoms with Gasteiger partial charge >= 0.3 is 0 Å². The lowest BCUT2D eigenvalue weighted by molar-refractivity contribution is -0.128. The molecular formula is C28H29N3O2S. The molecule has 0 unspecified atom stereocenters. The molecule has 2 aliphatic heterocycles. The molecule has 0 saturated carbocycles. The van der Waals surface area contributed by atoms with Gasteiger partial charge in [0.05, 0.1) is 5.75 Å². The Morgan fingerprint density at radius 1 is 0.824 bits per heavy atom. The highest BCUT2D eigenvalue weighted by Gasteiger charge is 2.32. The smallest absolute Gasteiger partial charge is 0.253 e. The molecule has 0 N–H and O–H groups in total. The Labute approximate surface area is 205 Å². The van der Waals surface area contributed by atoms with Crippen molar-refractivity contribution in [3.63, 3.8) is 0 Å². The fraction of sp³-hybridized carbons (Fsp3) is 0.286. The van der Waals surface area contributed by atoms with Gasteiger partial charge in [-0.3, -0.25) is 9.59 Å². The van der Waals surface area contributed by atoms with Crippen LogP contribution in [0.1, 0.15) is 26.9 Å². The number of amides is 2. The highest BCUT2D eigenvalue weighted by molar-refractivity contribution is 8.00. The first-order valence-corrected chi connectivity index (χ1v) is 12.9. The highest BCUT2D eigenvalue weighted by atomic mass is 32.2. The molecule has 0 aliphatic carbocycles. The van der Waals surface area contributed by atoms with Crippen molar-refractivity contribution in [1.82, 2.24) is 9.80 Å². The van der Waals surface area contributed by atoms with E-state index in [9.17, 15) is 9.59 Å². The number of rotatable bonds is 6. The molecule has 2 heterocycles. The number of anilines is 1. The van der Waals surface area contributed by atoms with Gasteiger partial charge < -0.3 is 14.7 Å². The maximum absolute atomic E-state index is 13.1. The Hall–Kier alpha value is -3.25. The number of benzene rings is 3. The van der Waals surface area contributed by atoms with Gasteiger partial charge in [-0.2, -0.15) is 0 Å². The minimum absolute atomic E-state index is 0.00906. The normalized spacial score (nSPS) is 18.4. The lowest BCUT2D eigenvalue weighted by Crippen LogP contribution is -2.48. The average molecular weight is 472 g/mol. The molecule has 2 amide bonds. The Balaban J connectivity index is 1.20. The van der Waals surface area contributed by atoms with Crippen LogP contribution in [0.3, 0.4) is 0 Å². The van der Waals surface area contributed by atoms with Crippen LogP contribution in [0, 0.1) is 0 Å². The van der Waals surface area contributed by atoms with E-state index in [1.54, 1.807) is 11.8 Å². The predicted molar refractivity (Wildman–Crippen MR) is 138 cm³/mol. The second-order valence-corrected chi connectivity index (χ2v) is 9.79. The van der Waals surface area contributed by atoms with E-state index < -0.39 is 0 Å². The fourth-order valence-electron chi connectivity index (χ4n) is 4.65. The van der Waals surface area contributed by atoms with Crippen LogP contribution in [0.25, 0.3) is 0 Å². The van der Waals surface area contributed by atoms with Crippen LogP contribution in [0.2, 0.25) is 0 Å². The van der Waals surface area contributed by atoms with Crippen molar-refractivity contribution in [1.29, 1.82) is 0 Å². The standard InChI is InChI=1S/C28H29N3O2S/c32-26-21-34-28(31(26)16-15-22-7-3-1-4-8-22)24-13-11-23(12-14-24)27(33)30-19-17-29(18-20-30)25-9-5-2-6-10-25/h1-14,28H,15-21H2/t28-/m0/s1. The number of hydrogen-bond acceptors (Lipinski definition) is 4. The minimum Gasteiger partial charge on any atom is -0.368 e. The maximum Gasteiger partial charge on any atom is 0.253 e.